The lowest BCUT2D eigenvalue weighted by molar-refractivity contribution is -0.140. The minimum atomic E-state index is -0.472. The summed E-state index contributed by atoms with van der Waals surface area (Å²) >= 11 is 0. The average molecular weight is 552 g/mol. The summed E-state index contributed by atoms with van der Waals surface area (Å²) in [5, 5.41) is 3.10. The number of piperidine rings is 1. The fourth-order valence-corrected chi connectivity index (χ4v) is 5.64. The van der Waals surface area contributed by atoms with Gasteiger partial charge in [-0.1, -0.05) is 6.58 Å². The molecule has 3 aliphatic rings. The maximum absolute atomic E-state index is 15.6. The number of rotatable bonds is 6. The van der Waals surface area contributed by atoms with Crippen molar-refractivity contribution in [1.82, 2.24) is 34.4 Å². The van der Waals surface area contributed by atoms with E-state index in [0.717, 1.165) is 17.9 Å². The molecule has 3 aliphatic heterocycles. The number of nitrogens with zero attached hydrogens (tertiary/aromatic N) is 8. The summed E-state index contributed by atoms with van der Waals surface area (Å²) in [5.74, 6) is 1.47. The number of pyridine rings is 2. The van der Waals surface area contributed by atoms with E-state index in [2.05, 4.69) is 36.7 Å². The summed E-state index contributed by atoms with van der Waals surface area (Å²) in [7, 11) is 1.86. The normalized spacial score (nSPS) is 17.9. The Morgan fingerprint density at radius 1 is 1.12 bits per heavy atom. The van der Waals surface area contributed by atoms with Crippen LogP contribution in [0.1, 0.15) is 12.0 Å². The maximum atomic E-state index is 15.6. The fourth-order valence-electron chi connectivity index (χ4n) is 5.64. The number of nitrogens with one attached hydrogen (secondary N) is 1. The third kappa shape index (κ3) is 4.19. The van der Waals surface area contributed by atoms with Crippen molar-refractivity contribution in [2.75, 3.05) is 23.3 Å². The Kier molecular flexibility index (Phi) is 5.77. The molecule has 3 fully saturated rings. The van der Waals surface area contributed by atoms with Gasteiger partial charge in [0.25, 0.3) is 0 Å². The van der Waals surface area contributed by atoms with Crippen LogP contribution in [0.4, 0.5) is 21.7 Å². The summed E-state index contributed by atoms with van der Waals surface area (Å²) in [6.45, 7) is 6.63. The standard InChI is InChI=1S/C29H26FN9O2/c1-4-25(40)39-17-9-18(39)13-38(12-17)24-8-6-21-27(36-24)28(33-14-32-21)35-20-5-7-23(16(2)26(20)30)41-19-10-22-29(31-11-19)37(3)15-34-22/h4-8,10-11,14-15,17-18H,1,9,12-13H2,2-3H3,(H,32,33,35). The van der Waals surface area contributed by atoms with Crippen LogP contribution in [-0.4, -0.2) is 65.5 Å². The summed E-state index contributed by atoms with van der Waals surface area (Å²) in [6, 6.07) is 9.14. The van der Waals surface area contributed by atoms with E-state index in [0.29, 0.717) is 52.5 Å². The first-order chi connectivity index (χ1) is 19.9. The van der Waals surface area contributed by atoms with Crippen molar-refractivity contribution < 1.29 is 13.9 Å². The highest BCUT2D eigenvalue weighted by atomic mass is 19.1. The van der Waals surface area contributed by atoms with Gasteiger partial charge in [0.15, 0.2) is 17.3 Å². The predicted molar refractivity (Wildman–Crippen MR) is 152 cm³/mol. The summed E-state index contributed by atoms with van der Waals surface area (Å²) in [5.41, 5.74) is 3.14. The number of piperazine rings is 1. The lowest BCUT2D eigenvalue weighted by Gasteiger charge is -2.56. The highest BCUT2D eigenvalue weighted by molar-refractivity contribution is 5.89. The molecule has 0 saturated carbocycles. The van der Waals surface area contributed by atoms with Crippen molar-refractivity contribution in [3.63, 3.8) is 0 Å². The van der Waals surface area contributed by atoms with Crippen molar-refractivity contribution in [1.29, 1.82) is 0 Å². The zero-order valence-electron chi connectivity index (χ0n) is 22.5. The van der Waals surface area contributed by atoms with Crippen LogP contribution >= 0.6 is 0 Å². The van der Waals surface area contributed by atoms with Crippen LogP contribution < -0.4 is 15.0 Å². The van der Waals surface area contributed by atoms with E-state index >= 15 is 4.39 Å². The van der Waals surface area contributed by atoms with Crippen LogP contribution in [-0.2, 0) is 11.8 Å². The van der Waals surface area contributed by atoms with Crippen molar-refractivity contribution in [2.24, 2.45) is 7.05 Å². The fraction of sp³-hybridized carbons (Fsp3) is 0.241. The minimum absolute atomic E-state index is 0.0306. The molecule has 7 heterocycles. The number of aromatic nitrogens is 6. The van der Waals surface area contributed by atoms with Gasteiger partial charge in [-0.2, -0.15) is 0 Å². The molecular weight excluding hydrogens is 525 g/mol. The number of fused-ring (bicyclic) bond motifs is 4. The number of hydrogen-bond donors (Lipinski definition) is 1. The molecule has 0 radical (unpaired) electrons. The van der Waals surface area contributed by atoms with Crippen LogP contribution in [0.15, 0.2) is 61.8 Å². The molecule has 3 saturated heterocycles. The lowest BCUT2D eigenvalue weighted by Crippen LogP contribution is -2.70. The molecule has 2 unspecified atom stereocenters. The van der Waals surface area contributed by atoms with Gasteiger partial charge in [-0.25, -0.2) is 29.3 Å². The number of halogens is 1. The van der Waals surface area contributed by atoms with E-state index in [-0.39, 0.29) is 23.7 Å². The molecule has 0 spiro atoms. The largest absolute Gasteiger partial charge is 0.455 e. The van der Waals surface area contributed by atoms with Crippen LogP contribution in [0.25, 0.3) is 22.2 Å². The number of carbonyl (C=O) groups is 1. The topological polar surface area (TPSA) is 114 Å². The number of carbonyl (C=O) groups excluding carboxylic acids is 1. The third-order valence-electron chi connectivity index (χ3n) is 7.76. The Bertz CT molecular complexity index is 1840. The van der Waals surface area contributed by atoms with E-state index in [9.17, 15) is 4.79 Å². The van der Waals surface area contributed by atoms with Crippen molar-refractivity contribution in [3.05, 3.63) is 73.2 Å². The summed E-state index contributed by atoms with van der Waals surface area (Å²) in [6.07, 6.45) is 7.03. The number of anilines is 3. The third-order valence-corrected chi connectivity index (χ3v) is 7.76. The van der Waals surface area contributed by atoms with Gasteiger partial charge >= 0.3 is 0 Å². The predicted octanol–water partition coefficient (Wildman–Crippen LogP) is 4.27. The monoisotopic (exact) mass is 551 g/mol. The second-order valence-corrected chi connectivity index (χ2v) is 10.3. The molecule has 4 aromatic heterocycles. The molecule has 1 amide bonds. The van der Waals surface area contributed by atoms with Crippen molar-refractivity contribution >= 4 is 45.4 Å². The summed E-state index contributed by atoms with van der Waals surface area (Å²) in [4.78, 5) is 38.4. The number of imidazole rings is 1. The quantitative estimate of drug-likeness (QED) is 0.309. The van der Waals surface area contributed by atoms with Gasteiger partial charge in [-0.15, -0.1) is 0 Å². The Labute approximate surface area is 234 Å². The zero-order valence-corrected chi connectivity index (χ0v) is 22.5. The first kappa shape index (κ1) is 24.9. The Morgan fingerprint density at radius 3 is 2.76 bits per heavy atom. The van der Waals surface area contributed by atoms with E-state index in [1.54, 1.807) is 37.6 Å². The van der Waals surface area contributed by atoms with Gasteiger partial charge in [0.05, 0.1) is 35.8 Å². The molecule has 1 aromatic carbocycles. The molecule has 2 bridgehead atoms. The Hall–Kier alpha value is -5.13. The van der Waals surface area contributed by atoms with Gasteiger partial charge in [-0.3, -0.25) is 4.79 Å². The SMILES string of the molecule is C=CC(=O)N1C2CC1CN(c1ccc3ncnc(Nc4ccc(Oc5cnc6c(c5)ncn6C)c(C)c4F)c3n1)C2. The second-order valence-electron chi connectivity index (χ2n) is 10.3. The van der Waals surface area contributed by atoms with Crippen LogP contribution in [0.2, 0.25) is 0 Å². The molecule has 2 atom stereocenters. The van der Waals surface area contributed by atoms with E-state index in [1.165, 1.54) is 12.4 Å². The molecular formula is C29H26FN9O2. The van der Waals surface area contributed by atoms with Gasteiger partial charge in [0.2, 0.25) is 5.91 Å². The highest BCUT2D eigenvalue weighted by Gasteiger charge is 2.46. The molecule has 206 valence electrons. The average Bonchev–Trinajstić information content (AvgIpc) is 3.36. The van der Waals surface area contributed by atoms with Crippen LogP contribution in [0, 0.1) is 12.7 Å². The molecule has 0 aliphatic carbocycles. The maximum Gasteiger partial charge on any atom is 0.246 e. The van der Waals surface area contributed by atoms with Gasteiger partial charge in [0.1, 0.15) is 34.7 Å². The van der Waals surface area contributed by atoms with E-state index in [4.69, 9.17) is 9.72 Å². The molecule has 12 heteroatoms. The number of benzene rings is 1. The molecule has 8 rings (SSSR count). The Morgan fingerprint density at radius 2 is 1.95 bits per heavy atom. The number of aryl methyl sites for hydroxylation is 1. The zero-order chi connectivity index (χ0) is 28.2. The van der Waals surface area contributed by atoms with Crippen molar-refractivity contribution in [3.8, 4) is 11.5 Å². The van der Waals surface area contributed by atoms with Crippen LogP contribution in [0.3, 0.4) is 0 Å². The number of amides is 1. The molecule has 41 heavy (non-hydrogen) atoms. The summed E-state index contributed by atoms with van der Waals surface area (Å²) < 4.78 is 23.3. The smallest absolute Gasteiger partial charge is 0.246 e. The van der Waals surface area contributed by atoms with Gasteiger partial charge in [-0.05, 0) is 43.7 Å². The lowest BCUT2D eigenvalue weighted by atomic mass is 9.87. The van der Waals surface area contributed by atoms with Crippen molar-refractivity contribution in [2.45, 2.75) is 25.4 Å². The van der Waals surface area contributed by atoms with Gasteiger partial charge in [0, 0.05) is 31.8 Å². The molecule has 11 nitrogen and oxygen atoms in total. The minimum Gasteiger partial charge on any atom is -0.455 e. The molecule has 5 aromatic rings. The van der Waals surface area contributed by atoms with E-state index in [1.807, 2.05) is 28.6 Å². The number of ether oxygens (including phenoxy) is 1. The first-order valence-electron chi connectivity index (χ1n) is 13.2. The van der Waals surface area contributed by atoms with E-state index < -0.39 is 5.82 Å². The second kappa shape index (κ2) is 9.51. The molecule has 1 N–H and O–H groups in total. The Balaban J connectivity index is 1.13. The van der Waals surface area contributed by atoms with Gasteiger partial charge < -0.3 is 24.4 Å². The van der Waals surface area contributed by atoms with Crippen LogP contribution in [0.5, 0.6) is 11.5 Å². The number of hydrogen-bond acceptors (Lipinski definition) is 9. The first-order valence-corrected chi connectivity index (χ1v) is 13.2. The highest BCUT2D eigenvalue weighted by Crippen LogP contribution is 2.36.